The summed E-state index contributed by atoms with van der Waals surface area (Å²) in [5, 5.41) is 2.33. The Labute approximate surface area is 106 Å². The van der Waals surface area contributed by atoms with Gasteiger partial charge in [0.1, 0.15) is 7.05 Å². The fourth-order valence-corrected chi connectivity index (χ4v) is 2.22. The minimum Gasteiger partial charge on any atom is -1.00 e. The highest BCUT2D eigenvalue weighted by atomic mass is 35.5. The molecule has 0 amide bonds. The number of benzene rings is 2. The molecule has 3 rings (SSSR count). The van der Waals surface area contributed by atoms with E-state index >= 15 is 0 Å². The van der Waals surface area contributed by atoms with Crippen LogP contribution in [0, 0.1) is 0 Å². The Balaban J connectivity index is 0.00000108. The van der Waals surface area contributed by atoms with Crippen LogP contribution in [0.15, 0.2) is 48.5 Å². The zero-order valence-electron chi connectivity index (χ0n) is 9.52. The molecule has 0 fully saturated rings. The van der Waals surface area contributed by atoms with Crippen molar-refractivity contribution < 1.29 is 17.0 Å². The summed E-state index contributed by atoms with van der Waals surface area (Å²) in [5.41, 5.74) is 9.22. The number of hydrogen-bond donors (Lipinski definition) is 1. The number of anilines is 1. The number of para-hydroxylation sites is 1. The maximum absolute atomic E-state index is 6.00. The van der Waals surface area contributed by atoms with Gasteiger partial charge in [0.2, 0.25) is 11.0 Å². The van der Waals surface area contributed by atoms with Crippen molar-refractivity contribution in [2.75, 3.05) is 5.73 Å². The molecule has 0 aliphatic rings. The first-order valence-electron chi connectivity index (χ1n) is 5.33. The van der Waals surface area contributed by atoms with Crippen molar-refractivity contribution in [2.45, 2.75) is 0 Å². The Bertz CT molecular complexity index is 692. The van der Waals surface area contributed by atoms with Crippen LogP contribution in [0.25, 0.3) is 21.8 Å². The fraction of sp³-hybridized carbons (Fsp3) is 0.0714. The van der Waals surface area contributed by atoms with Crippen LogP contribution in [0.5, 0.6) is 0 Å². The van der Waals surface area contributed by atoms with E-state index in [4.69, 9.17) is 5.73 Å². The molecule has 1 aromatic heterocycles. The third-order valence-corrected chi connectivity index (χ3v) is 3.08. The molecule has 2 N–H and O–H groups in total. The van der Waals surface area contributed by atoms with Gasteiger partial charge in [-0.15, -0.1) is 0 Å². The number of nitrogens with two attached hydrogens (primary N) is 1. The standard InChI is InChI=1S/C14H12N2.ClH/c1-16-13-7-3-2-5-10(13)9-11-12(15)6-4-8-14(11)16;/h2-9,15H,1H3;1H. The predicted molar refractivity (Wildman–Crippen MR) is 67.0 cm³/mol. The zero-order valence-corrected chi connectivity index (χ0v) is 10.3. The van der Waals surface area contributed by atoms with E-state index in [1.165, 1.54) is 16.4 Å². The van der Waals surface area contributed by atoms with Gasteiger partial charge in [-0.25, -0.2) is 0 Å². The number of nitrogens with zero attached hydrogens (tertiary/aromatic N) is 1. The second kappa shape index (κ2) is 4.22. The smallest absolute Gasteiger partial charge is 0.214 e. The maximum Gasteiger partial charge on any atom is 0.214 e. The number of nitrogen functional groups attached to an aromatic ring is 1. The van der Waals surface area contributed by atoms with Gasteiger partial charge in [0.15, 0.2) is 0 Å². The zero-order chi connectivity index (χ0) is 11.1. The van der Waals surface area contributed by atoms with Crippen molar-refractivity contribution in [1.82, 2.24) is 0 Å². The van der Waals surface area contributed by atoms with Gasteiger partial charge in [0.25, 0.3) is 0 Å². The highest BCUT2D eigenvalue weighted by Crippen LogP contribution is 2.22. The normalized spacial score (nSPS) is 10.4. The minimum absolute atomic E-state index is 0. The van der Waals surface area contributed by atoms with Crippen LogP contribution in [0.1, 0.15) is 0 Å². The Kier molecular flexibility index (Phi) is 2.90. The molecule has 3 heteroatoms. The van der Waals surface area contributed by atoms with E-state index in [1.54, 1.807) is 0 Å². The largest absolute Gasteiger partial charge is 1.00 e. The van der Waals surface area contributed by atoms with Gasteiger partial charge in [0, 0.05) is 23.2 Å². The van der Waals surface area contributed by atoms with Gasteiger partial charge in [0.05, 0.1) is 5.39 Å². The molecule has 2 nitrogen and oxygen atoms in total. The third kappa shape index (κ3) is 1.71. The molecular weight excluding hydrogens is 232 g/mol. The van der Waals surface area contributed by atoms with Crippen molar-refractivity contribution in [3.8, 4) is 0 Å². The molecule has 0 aliphatic heterocycles. The van der Waals surface area contributed by atoms with E-state index in [-0.39, 0.29) is 12.4 Å². The average molecular weight is 245 g/mol. The topological polar surface area (TPSA) is 29.9 Å². The Morgan fingerprint density at radius 1 is 0.941 bits per heavy atom. The van der Waals surface area contributed by atoms with Crippen LogP contribution in [0.4, 0.5) is 5.69 Å². The first-order chi connectivity index (χ1) is 7.77. The molecule has 0 atom stereocenters. The molecule has 0 saturated carbocycles. The van der Waals surface area contributed by atoms with E-state index in [9.17, 15) is 0 Å². The summed E-state index contributed by atoms with van der Waals surface area (Å²) in [6.07, 6.45) is 0. The van der Waals surface area contributed by atoms with E-state index in [0.717, 1.165) is 11.1 Å². The molecule has 3 aromatic rings. The molecule has 1 heterocycles. The van der Waals surface area contributed by atoms with E-state index < -0.39 is 0 Å². The Hall–Kier alpha value is -1.80. The van der Waals surface area contributed by atoms with E-state index in [2.05, 4.69) is 41.9 Å². The molecule has 0 unspecified atom stereocenters. The molecule has 17 heavy (non-hydrogen) atoms. The predicted octanol–water partition coefficient (Wildman–Crippen LogP) is -0.596. The van der Waals surface area contributed by atoms with Crippen LogP contribution in [-0.2, 0) is 7.05 Å². The number of fused-ring (bicyclic) bond motifs is 2. The second-order valence-electron chi connectivity index (χ2n) is 4.04. The van der Waals surface area contributed by atoms with Gasteiger partial charge >= 0.3 is 0 Å². The summed E-state index contributed by atoms with van der Waals surface area (Å²) < 4.78 is 2.18. The fourth-order valence-electron chi connectivity index (χ4n) is 2.22. The van der Waals surface area contributed by atoms with Crippen LogP contribution in [0.2, 0.25) is 0 Å². The van der Waals surface area contributed by atoms with Crippen molar-refractivity contribution in [2.24, 2.45) is 7.05 Å². The Morgan fingerprint density at radius 3 is 2.47 bits per heavy atom. The summed E-state index contributed by atoms with van der Waals surface area (Å²) in [7, 11) is 2.07. The first-order valence-corrected chi connectivity index (χ1v) is 5.33. The summed E-state index contributed by atoms with van der Waals surface area (Å²) in [6, 6.07) is 16.5. The quantitative estimate of drug-likeness (QED) is 0.320. The molecule has 0 saturated heterocycles. The van der Waals surface area contributed by atoms with Gasteiger partial charge in [-0.05, 0) is 18.2 Å². The van der Waals surface area contributed by atoms with Crippen LogP contribution >= 0.6 is 0 Å². The van der Waals surface area contributed by atoms with Gasteiger partial charge in [-0.2, -0.15) is 4.57 Å². The van der Waals surface area contributed by atoms with Gasteiger partial charge < -0.3 is 18.1 Å². The SMILES string of the molecule is C[n+]1c2ccccc2cc2c(N)cccc21.[Cl-]. The number of hydrogen-bond acceptors (Lipinski definition) is 1. The Morgan fingerprint density at radius 2 is 1.65 bits per heavy atom. The second-order valence-corrected chi connectivity index (χ2v) is 4.04. The van der Waals surface area contributed by atoms with Crippen molar-refractivity contribution >= 4 is 27.5 Å². The number of aromatic nitrogens is 1. The van der Waals surface area contributed by atoms with Crippen LogP contribution in [-0.4, -0.2) is 0 Å². The number of aryl methyl sites for hydroxylation is 1. The van der Waals surface area contributed by atoms with Crippen LogP contribution in [0.3, 0.4) is 0 Å². The molecule has 0 radical (unpaired) electrons. The monoisotopic (exact) mass is 244 g/mol. The summed E-state index contributed by atoms with van der Waals surface area (Å²) in [4.78, 5) is 0. The van der Waals surface area contributed by atoms with Crippen LogP contribution < -0.4 is 22.7 Å². The number of pyridine rings is 1. The lowest BCUT2D eigenvalue weighted by molar-refractivity contribution is -0.617. The lowest BCUT2D eigenvalue weighted by Gasteiger charge is -2.03. The molecule has 0 aliphatic carbocycles. The van der Waals surface area contributed by atoms with Crippen molar-refractivity contribution in [3.63, 3.8) is 0 Å². The van der Waals surface area contributed by atoms with Crippen molar-refractivity contribution in [3.05, 3.63) is 48.5 Å². The summed E-state index contributed by atoms with van der Waals surface area (Å²) in [5.74, 6) is 0. The maximum atomic E-state index is 6.00. The molecule has 0 bridgehead atoms. The first kappa shape index (κ1) is 11.7. The molecule has 2 aromatic carbocycles. The molecule has 0 spiro atoms. The van der Waals surface area contributed by atoms with Crippen molar-refractivity contribution in [1.29, 1.82) is 0 Å². The van der Waals surface area contributed by atoms with E-state index in [0.29, 0.717) is 0 Å². The lowest BCUT2D eigenvalue weighted by atomic mass is 10.1. The summed E-state index contributed by atoms with van der Waals surface area (Å²) >= 11 is 0. The lowest BCUT2D eigenvalue weighted by Crippen LogP contribution is -3.00. The summed E-state index contributed by atoms with van der Waals surface area (Å²) in [6.45, 7) is 0. The highest BCUT2D eigenvalue weighted by Gasteiger charge is 2.11. The molecule has 86 valence electrons. The van der Waals surface area contributed by atoms with Gasteiger partial charge in [-0.3, -0.25) is 0 Å². The highest BCUT2D eigenvalue weighted by molar-refractivity contribution is 5.95. The molecular formula is C14H13ClN2. The van der Waals surface area contributed by atoms with E-state index in [1.807, 2.05) is 18.2 Å². The minimum atomic E-state index is 0. The average Bonchev–Trinajstić information content (AvgIpc) is 2.31. The number of halogens is 1. The third-order valence-electron chi connectivity index (χ3n) is 3.08. The van der Waals surface area contributed by atoms with Gasteiger partial charge in [-0.1, -0.05) is 18.2 Å². The number of rotatable bonds is 0.